The molecule has 13 nitrogen and oxygen atoms in total. The number of aromatic amines is 2. The van der Waals surface area contributed by atoms with E-state index in [2.05, 4.69) is 78.7 Å². The number of guanidine groups is 2. The van der Waals surface area contributed by atoms with E-state index in [1.54, 1.807) is 17.2 Å². The number of amides is 2. The molecule has 206 valence electrons. The zero-order chi connectivity index (χ0) is 27.6. The zero-order valence-electron chi connectivity index (χ0n) is 19.8. The fourth-order valence-corrected chi connectivity index (χ4v) is 9.20. The summed E-state index contributed by atoms with van der Waals surface area (Å²) in [6.45, 7) is 0.456. The van der Waals surface area contributed by atoms with Crippen LogP contribution in [0.4, 0.5) is 0 Å². The summed E-state index contributed by atoms with van der Waals surface area (Å²) in [7, 11) is 0. The number of halogens is 4. The molecule has 4 aliphatic heterocycles. The fourth-order valence-electron chi connectivity index (χ4n) is 7.43. The molecule has 17 heteroatoms. The van der Waals surface area contributed by atoms with Gasteiger partial charge in [-0.2, -0.15) is 0 Å². The minimum absolute atomic E-state index is 0.0432. The largest absolute Gasteiger partial charge is 0.370 e. The molecule has 6 heterocycles. The van der Waals surface area contributed by atoms with Gasteiger partial charge in [0, 0.05) is 41.2 Å². The number of rotatable bonds is 3. The third-order valence-electron chi connectivity index (χ3n) is 8.76. The Morgan fingerprint density at radius 1 is 1.23 bits per heavy atom. The molecule has 0 aromatic carbocycles. The van der Waals surface area contributed by atoms with Gasteiger partial charge < -0.3 is 47.4 Å². The number of hydrogen-bond acceptors (Lipinski definition) is 9. The lowest BCUT2D eigenvalue weighted by Crippen LogP contribution is -2.73. The number of aliphatic hydroxyl groups excluding tert-OH is 1. The summed E-state index contributed by atoms with van der Waals surface area (Å²) in [6.07, 6.45) is 0.391. The summed E-state index contributed by atoms with van der Waals surface area (Å²) in [5, 5.41) is 20.1. The van der Waals surface area contributed by atoms with Crippen molar-refractivity contribution in [3.05, 3.63) is 42.8 Å². The first kappa shape index (κ1) is 25.7. The van der Waals surface area contributed by atoms with Crippen LogP contribution in [0.15, 0.2) is 35.8 Å². The van der Waals surface area contributed by atoms with Gasteiger partial charge in [0.05, 0.1) is 14.5 Å². The number of hydrogen-bond donors (Lipinski definition) is 8. The topological polar surface area (TPSA) is 202 Å². The number of carbonyl (C=O) groups is 2. The van der Waals surface area contributed by atoms with Crippen LogP contribution in [0.5, 0.6) is 0 Å². The summed E-state index contributed by atoms with van der Waals surface area (Å²) >= 11 is 17.5. The molecule has 10 N–H and O–H groups in total. The van der Waals surface area contributed by atoms with Gasteiger partial charge in [0.2, 0.25) is 0 Å². The van der Waals surface area contributed by atoms with E-state index < -0.39 is 34.8 Å². The van der Waals surface area contributed by atoms with Crippen LogP contribution >= 0.6 is 59.4 Å². The van der Waals surface area contributed by atoms with Crippen molar-refractivity contribution in [3.63, 3.8) is 0 Å². The average Bonchev–Trinajstić information content (AvgIpc) is 3.68. The third kappa shape index (κ3) is 3.14. The van der Waals surface area contributed by atoms with Crippen LogP contribution in [0.3, 0.4) is 0 Å². The smallest absolute Gasteiger partial charge is 0.272 e. The second-order valence-corrected chi connectivity index (χ2v) is 13.4. The van der Waals surface area contributed by atoms with E-state index >= 15 is 0 Å². The Morgan fingerprint density at radius 3 is 2.64 bits per heavy atom. The minimum Gasteiger partial charge on any atom is -0.370 e. The van der Waals surface area contributed by atoms with E-state index in [0.717, 1.165) is 0 Å². The standard InChI is InChI=1S/C22H22Br3ClN10O3/c23-7-1-9(31-15(7)25)16(37)30-2-5-6-4-36-17(38)11-10(8(24)3-29-11)14-22(36,35-19(27)32-14)12(6)21(13(5)26)18(39)33-20(28)34-21/h1,3,5-6,12-14,18,29,31,39H,2,4H2,(H,30,37)(H3,27,32,35)(H3,28,33,34). The van der Waals surface area contributed by atoms with Gasteiger partial charge in [0.1, 0.15) is 28.6 Å². The molecule has 7 rings (SSSR count). The maximum Gasteiger partial charge on any atom is 0.272 e. The zero-order valence-corrected chi connectivity index (χ0v) is 25.3. The quantitative estimate of drug-likeness (QED) is 0.210. The van der Waals surface area contributed by atoms with Crippen molar-refractivity contribution in [2.75, 3.05) is 13.1 Å². The summed E-state index contributed by atoms with van der Waals surface area (Å²) in [6, 6.07) is 1.07. The molecule has 2 aromatic heterocycles. The summed E-state index contributed by atoms with van der Waals surface area (Å²) in [5.74, 6) is -1.57. The van der Waals surface area contributed by atoms with Gasteiger partial charge in [-0.15, -0.1) is 11.6 Å². The number of nitrogens with two attached hydrogens (primary N) is 2. The van der Waals surface area contributed by atoms with E-state index in [4.69, 9.17) is 28.1 Å². The first-order chi connectivity index (χ1) is 18.5. The lowest BCUT2D eigenvalue weighted by Gasteiger charge is -2.51. The number of H-pyrrole nitrogens is 2. The molecule has 0 bridgehead atoms. The molecule has 2 spiro atoms. The molecular weight excluding hydrogens is 727 g/mol. The maximum atomic E-state index is 13.9. The van der Waals surface area contributed by atoms with Crippen LogP contribution in [0.2, 0.25) is 0 Å². The van der Waals surface area contributed by atoms with Gasteiger partial charge >= 0.3 is 0 Å². The molecule has 1 saturated heterocycles. The highest BCUT2D eigenvalue weighted by Gasteiger charge is 2.79. The van der Waals surface area contributed by atoms with E-state index in [1.807, 2.05) is 0 Å². The van der Waals surface area contributed by atoms with E-state index in [-0.39, 0.29) is 48.7 Å². The third-order valence-corrected chi connectivity index (χ3v) is 11.9. The minimum atomic E-state index is -1.31. The number of aliphatic imine (C=N–C) groups is 2. The first-order valence-electron chi connectivity index (χ1n) is 12.1. The Morgan fingerprint density at radius 2 is 1.97 bits per heavy atom. The van der Waals surface area contributed by atoms with Crippen molar-refractivity contribution in [2.45, 2.75) is 28.8 Å². The SMILES string of the molecule is NC1=NC(O)C2(N1)C(Cl)C(CNC(=O)c1cc(Br)c(Br)[nH]1)C1CN3C(=O)c4[nH]cc(Br)c4C4N=C(N)NC43C12. The number of alkyl halides is 1. The monoisotopic (exact) mass is 746 g/mol. The molecule has 8 unspecified atom stereocenters. The molecule has 0 radical (unpaired) electrons. The Bertz CT molecular complexity index is 1490. The van der Waals surface area contributed by atoms with Crippen LogP contribution in [-0.2, 0) is 0 Å². The molecule has 39 heavy (non-hydrogen) atoms. The summed E-state index contributed by atoms with van der Waals surface area (Å²) in [5.41, 5.74) is 11.4. The maximum absolute atomic E-state index is 13.9. The first-order valence-corrected chi connectivity index (χ1v) is 14.9. The second-order valence-electron chi connectivity index (χ2n) is 10.4. The second kappa shape index (κ2) is 8.38. The van der Waals surface area contributed by atoms with Gasteiger partial charge in [0.25, 0.3) is 11.8 Å². The fraction of sp³-hybridized carbons (Fsp3) is 0.455. The lowest BCUT2D eigenvalue weighted by molar-refractivity contribution is -0.0124. The predicted octanol–water partition coefficient (Wildman–Crippen LogP) is 0.630. The Kier molecular flexibility index (Phi) is 5.52. The van der Waals surface area contributed by atoms with E-state index in [1.165, 1.54) is 0 Å². The van der Waals surface area contributed by atoms with Gasteiger partial charge in [-0.1, -0.05) is 0 Å². The molecule has 2 aromatic rings. The van der Waals surface area contributed by atoms with Crippen LogP contribution in [0, 0.1) is 17.8 Å². The van der Waals surface area contributed by atoms with Crippen molar-refractivity contribution in [3.8, 4) is 0 Å². The molecule has 5 aliphatic rings. The summed E-state index contributed by atoms with van der Waals surface area (Å²) in [4.78, 5) is 43.6. The highest BCUT2D eigenvalue weighted by Crippen LogP contribution is 2.64. The average molecular weight is 750 g/mol. The van der Waals surface area contributed by atoms with Crippen LogP contribution < -0.4 is 27.4 Å². The number of nitrogens with one attached hydrogen (secondary N) is 5. The summed E-state index contributed by atoms with van der Waals surface area (Å²) < 4.78 is 2.05. The van der Waals surface area contributed by atoms with Crippen molar-refractivity contribution in [1.82, 2.24) is 30.8 Å². The Hall–Kier alpha value is -2.27. The molecule has 1 aliphatic carbocycles. The van der Waals surface area contributed by atoms with E-state index in [0.29, 0.717) is 30.5 Å². The lowest BCUT2D eigenvalue weighted by atomic mass is 9.70. The number of carbonyl (C=O) groups excluding carboxylic acids is 2. The molecule has 2 amide bonds. The molecule has 2 fully saturated rings. The van der Waals surface area contributed by atoms with Crippen LogP contribution in [-0.4, -0.2) is 79.6 Å². The number of aromatic nitrogens is 2. The Labute approximate surface area is 251 Å². The van der Waals surface area contributed by atoms with Crippen molar-refractivity contribution < 1.29 is 14.7 Å². The van der Waals surface area contributed by atoms with Gasteiger partial charge in [-0.25, -0.2) is 9.98 Å². The molecule has 1 saturated carbocycles. The molecule has 8 atom stereocenters. The van der Waals surface area contributed by atoms with Crippen LogP contribution in [0.1, 0.15) is 32.6 Å². The van der Waals surface area contributed by atoms with E-state index in [9.17, 15) is 14.7 Å². The van der Waals surface area contributed by atoms with Crippen molar-refractivity contribution >= 4 is 83.1 Å². The van der Waals surface area contributed by atoms with Gasteiger partial charge in [0.15, 0.2) is 18.1 Å². The normalized spacial score (nSPS) is 37.6. The van der Waals surface area contributed by atoms with Gasteiger partial charge in [-0.05, 0) is 59.8 Å². The van der Waals surface area contributed by atoms with Gasteiger partial charge in [-0.3, -0.25) is 9.59 Å². The number of aliphatic hydroxyl groups is 1. The highest BCUT2D eigenvalue weighted by atomic mass is 79.9. The number of nitrogens with zero attached hydrogens (tertiary/aromatic N) is 3. The highest BCUT2D eigenvalue weighted by molar-refractivity contribution is 9.13. The van der Waals surface area contributed by atoms with Crippen molar-refractivity contribution in [1.29, 1.82) is 0 Å². The number of fused-ring (bicyclic) bond motifs is 4. The van der Waals surface area contributed by atoms with Crippen LogP contribution in [0.25, 0.3) is 0 Å². The Balaban J connectivity index is 1.32. The molecular formula is C22H22Br3ClN10O3. The predicted molar refractivity (Wildman–Crippen MR) is 152 cm³/mol. The van der Waals surface area contributed by atoms with Crippen molar-refractivity contribution in [2.24, 2.45) is 39.2 Å².